The van der Waals surface area contributed by atoms with E-state index in [1.54, 1.807) is 0 Å². The minimum Gasteiger partial charge on any atom is -0.302 e. The van der Waals surface area contributed by atoms with Crippen molar-refractivity contribution in [2.45, 2.75) is 12.5 Å². The molecule has 4 rings (SSSR count). The molecule has 1 atom stereocenters. The number of halogens is 1. The third kappa shape index (κ3) is 2.83. The molecular weight excluding hydrogens is 328 g/mol. The Labute approximate surface area is 142 Å². The van der Waals surface area contributed by atoms with Crippen molar-refractivity contribution in [2.24, 2.45) is 5.10 Å². The Hall–Kier alpha value is -2.86. The predicted octanol–water partition coefficient (Wildman–Crippen LogP) is 2.34. The number of aromatic amines is 1. The summed E-state index contributed by atoms with van der Waals surface area (Å²) in [5.74, 6) is 0. The zero-order chi connectivity index (χ0) is 16.5. The lowest BCUT2D eigenvalue weighted by atomic mass is 9.99. The fraction of sp³-hybridized carbons (Fsp3) is 0.118. The summed E-state index contributed by atoms with van der Waals surface area (Å²) in [4.78, 5) is 11.1. The molecule has 7 heteroatoms. The molecule has 0 radical (unpaired) electrons. The largest absolute Gasteiger partial charge is 0.427 e. The Morgan fingerprint density at radius 3 is 2.75 bits per heavy atom. The van der Waals surface area contributed by atoms with Crippen LogP contribution in [0.25, 0.3) is 5.69 Å². The second kappa shape index (κ2) is 5.98. The molecule has 2 aromatic carbocycles. The number of nitrogens with zero attached hydrogens (tertiary/aromatic N) is 2. The van der Waals surface area contributed by atoms with Gasteiger partial charge in [0.25, 0.3) is 6.20 Å². The van der Waals surface area contributed by atoms with E-state index in [4.69, 9.17) is 11.6 Å². The lowest BCUT2D eigenvalue weighted by molar-refractivity contribution is -0.670. The highest BCUT2D eigenvalue weighted by Crippen LogP contribution is 2.26. The van der Waals surface area contributed by atoms with Gasteiger partial charge in [0, 0.05) is 23.6 Å². The van der Waals surface area contributed by atoms with E-state index < -0.39 is 5.63 Å². The normalized spacial score (nSPS) is 16.7. The number of nitrogens with one attached hydrogen (secondary N) is 2. The van der Waals surface area contributed by atoms with Crippen LogP contribution in [0, 0.1) is 0 Å². The molecule has 120 valence electrons. The molecule has 1 aliphatic heterocycles. The van der Waals surface area contributed by atoms with Crippen LogP contribution >= 0.6 is 11.6 Å². The number of hydrogen-bond acceptors (Lipinski definition) is 4. The lowest BCUT2D eigenvalue weighted by Gasteiger charge is -2.10. The Kier molecular flexibility index (Phi) is 3.66. The minimum atomic E-state index is -0.423. The van der Waals surface area contributed by atoms with Crippen LogP contribution in [0.5, 0.6) is 0 Å². The maximum atomic E-state index is 11.1. The lowest BCUT2D eigenvalue weighted by Crippen LogP contribution is -2.32. The smallest absolute Gasteiger partial charge is 0.302 e. The van der Waals surface area contributed by atoms with E-state index in [1.165, 1.54) is 10.9 Å². The number of H-pyrrole nitrogens is 1. The van der Waals surface area contributed by atoms with Crippen LogP contribution in [-0.4, -0.2) is 11.0 Å². The molecule has 0 saturated carbocycles. The Bertz CT molecular complexity index is 959. The zero-order valence-electron chi connectivity index (χ0n) is 12.6. The molecule has 1 aromatic heterocycles. The van der Waals surface area contributed by atoms with E-state index in [1.807, 2.05) is 48.5 Å². The fourth-order valence-corrected chi connectivity index (χ4v) is 2.93. The number of hydrazone groups is 1. The van der Waals surface area contributed by atoms with E-state index in [2.05, 4.69) is 20.3 Å². The van der Waals surface area contributed by atoms with Crippen molar-refractivity contribution in [1.29, 1.82) is 0 Å². The SMILES string of the molecule is O=c1c[n+](-c2ccc(C3=NNC(c4cccc(Cl)c4)C3)cc2)[nH]o1. The third-order valence-electron chi connectivity index (χ3n) is 3.96. The Morgan fingerprint density at radius 1 is 1.21 bits per heavy atom. The van der Waals surface area contributed by atoms with Gasteiger partial charge in [0.2, 0.25) is 5.69 Å². The van der Waals surface area contributed by atoms with Crippen LogP contribution in [-0.2, 0) is 0 Å². The number of aromatic nitrogens is 2. The second-order valence-corrected chi connectivity index (χ2v) is 5.99. The summed E-state index contributed by atoms with van der Waals surface area (Å²) in [5, 5.41) is 7.68. The van der Waals surface area contributed by atoms with Gasteiger partial charge in [-0.1, -0.05) is 23.7 Å². The van der Waals surface area contributed by atoms with E-state index in [-0.39, 0.29) is 6.04 Å². The van der Waals surface area contributed by atoms with Gasteiger partial charge < -0.3 is 5.43 Å². The molecule has 3 aromatic rings. The van der Waals surface area contributed by atoms with Crippen LogP contribution in [0.4, 0.5) is 0 Å². The van der Waals surface area contributed by atoms with Gasteiger partial charge in [-0.05, 0) is 45.3 Å². The first-order valence-corrected chi connectivity index (χ1v) is 7.85. The standard InChI is InChI=1S/C17H13ClN4O2/c18-13-3-1-2-12(8-13)16-9-15(19-20-16)11-4-6-14(7-5-11)22-10-17(23)24-21-22/h1-8,10,16H,9H2,(H-,20,21,23)/p+1. The summed E-state index contributed by atoms with van der Waals surface area (Å²) in [6.07, 6.45) is 2.13. The fourth-order valence-electron chi connectivity index (χ4n) is 2.73. The zero-order valence-corrected chi connectivity index (χ0v) is 13.3. The molecule has 1 unspecified atom stereocenters. The van der Waals surface area contributed by atoms with E-state index in [0.717, 1.165) is 34.0 Å². The molecule has 0 aliphatic carbocycles. The summed E-state index contributed by atoms with van der Waals surface area (Å²) in [7, 11) is 0. The van der Waals surface area contributed by atoms with Gasteiger partial charge in [-0.2, -0.15) is 5.10 Å². The van der Waals surface area contributed by atoms with Crippen molar-refractivity contribution in [2.75, 3.05) is 0 Å². The van der Waals surface area contributed by atoms with Crippen LogP contribution in [0.1, 0.15) is 23.6 Å². The highest BCUT2D eigenvalue weighted by molar-refractivity contribution is 6.30. The summed E-state index contributed by atoms with van der Waals surface area (Å²) in [5.41, 5.74) is 6.67. The average molecular weight is 342 g/mol. The van der Waals surface area contributed by atoms with Crippen molar-refractivity contribution < 1.29 is 9.20 Å². The summed E-state index contributed by atoms with van der Waals surface area (Å²) < 4.78 is 6.18. The Morgan fingerprint density at radius 2 is 2.04 bits per heavy atom. The van der Waals surface area contributed by atoms with Crippen molar-refractivity contribution in [3.8, 4) is 5.69 Å². The van der Waals surface area contributed by atoms with Crippen LogP contribution in [0.3, 0.4) is 0 Å². The van der Waals surface area contributed by atoms with Crippen LogP contribution < -0.4 is 15.7 Å². The van der Waals surface area contributed by atoms with Crippen molar-refractivity contribution in [3.05, 3.63) is 81.3 Å². The highest BCUT2D eigenvalue weighted by atomic mass is 35.5. The van der Waals surface area contributed by atoms with E-state index >= 15 is 0 Å². The first-order chi connectivity index (χ1) is 11.7. The molecule has 0 spiro atoms. The molecule has 24 heavy (non-hydrogen) atoms. The Balaban J connectivity index is 1.52. The molecule has 0 amide bonds. The van der Waals surface area contributed by atoms with Gasteiger partial charge in [0.1, 0.15) is 0 Å². The molecule has 0 saturated heterocycles. The molecule has 0 fully saturated rings. The molecule has 2 heterocycles. The van der Waals surface area contributed by atoms with Crippen molar-refractivity contribution in [1.82, 2.24) is 10.7 Å². The second-order valence-electron chi connectivity index (χ2n) is 5.56. The number of rotatable bonds is 3. The van der Waals surface area contributed by atoms with E-state index in [0.29, 0.717) is 0 Å². The van der Waals surface area contributed by atoms with Crippen molar-refractivity contribution in [3.63, 3.8) is 0 Å². The van der Waals surface area contributed by atoms with Gasteiger partial charge in [-0.3, -0.25) is 4.52 Å². The molecule has 1 aliphatic rings. The summed E-state index contributed by atoms with van der Waals surface area (Å²) in [6, 6.07) is 15.6. The van der Waals surface area contributed by atoms with Gasteiger partial charge in [0.15, 0.2) is 0 Å². The van der Waals surface area contributed by atoms with Crippen LogP contribution in [0.15, 0.2) is 69.1 Å². The predicted molar refractivity (Wildman–Crippen MR) is 89.3 cm³/mol. The maximum absolute atomic E-state index is 11.1. The number of benzene rings is 2. The average Bonchev–Trinajstić information content (AvgIpc) is 3.24. The monoisotopic (exact) mass is 341 g/mol. The van der Waals surface area contributed by atoms with Gasteiger partial charge in [0.05, 0.1) is 11.8 Å². The van der Waals surface area contributed by atoms with E-state index in [9.17, 15) is 4.79 Å². The van der Waals surface area contributed by atoms with Gasteiger partial charge >= 0.3 is 5.63 Å². The first kappa shape index (κ1) is 14.7. The topological polar surface area (TPSA) is 74.3 Å². The highest BCUT2D eigenvalue weighted by Gasteiger charge is 2.22. The number of hydrogen-bond donors (Lipinski definition) is 2. The maximum Gasteiger partial charge on any atom is 0.427 e. The van der Waals surface area contributed by atoms with Gasteiger partial charge in [-0.15, -0.1) is 0 Å². The third-order valence-corrected chi connectivity index (χ3v) is 4.20. The molecule has 0 bridgehead atoms. The molecular formula is C17H14ClN4O2+. The van der Waals surface area contributed by atoms with Crippen LogP contribution in [0.2, 0.25) is 5.02 Å². The first-order valence-electron chi connectivity index (χ1n) is 7.47. The molecule has 2 N–H and O–H groups in total. The quantitative estimate of drug-likeness (QED) is 0.718. The van der Waals surface area contributed by atoms with Crippen molar-refractivity contribution >= 4 is 17.3 Å². The summed E-state index contributed by atoms with van der Waals surface area (Å²) in [6.45, 7) is 0. The molecule has 6 nitrogen and oxygen atoms in total. The minimum absolute atomic E-state index is 0.123. The summed E-state index contributed by atoms with van der Waals surface area (Å²) >= 11 is 6.05. The van der Waals surface area contributed by atoms with Gasteiger partial charge in [-0.25, -0.2) is 4.79 Å².